The average Bonchev–Trinajstić information content (AvgIpc) is 2.49. The summed E-state index contributed by atoms with van der Waals surface area (Å²) in [4.78, 5) is 0. The van der Waals surface area contributed by atoms with Crippen LogP contribution in [0.1, 0.15) is 33.6 Å². The van der Waals surface area contributed by atoms with E-state index < -0.39 is 6.10 Å². The van der Waals surface area contributed by atoms with Crippen molar-refractivity contribution < 1.29 is 14.6 Å². The SMILES string of the molecule is COc1ccc(OCC(O)CNC(C)CCC(C)C)cc1. The molecule has 1 rings (SSSR count). The number of methoxy groups -OCH3 is 1. The minimum Gasteiger partial charge on any atom is -0.497 e. The quantitative estimate of drug-likeness (QED) is 0.697. The van der Waals surface area contributed by atoms with E-state index in [1.54, 1.807) is 7.11 Å². The van der Waals surface area contributed by atoms with E-state index in [0.717, 1.165) is 23.8 Å². The lowest BCUT2D eigenvalue weighted by Crippen LogP contribution is -2.36. The molecule has 0 heterocycles. The summed E-state index contributed by atoms with van der Waals surface area (Å²) in [5, 5.41) is 13.3. The van der Waals surface area contributed by atoms with Crippen LogP contribution >= 0.6 is 0 Å². The number of hydrogen-bond acceptors (Lipinski definition) is 4. The standard InChI is InChI=1S/C17H29NO3/c1-13(2)5-6-14(3)18-11-15(19)12-21-17-9-7-16(20-4)8-10-17/h7-10,13-15,18-19H,5-6,11-12H2,1-4H3. The molecule has 0 saturated heterocycles. The number of aliphatic hydroxyl groups is 1. The average molecular weight is 295 g/mol. The zero-order valence-corrected chi connectivity index (χ0v) is 13.6. The van der Waals surface area contributed by atoms with E-state index in [2.05, 4.69) is 26.1 Å². The van der Waals surface area contributed by atoms with Gasteiger partial charge in [0.1, 0.15) is 24.2 Å². The molecule has 0 radical (unpaired) electrons. The van der Waals surface area contributed by atoms with E-state index in [0.29, 0.717) is 12.6 Å². The Kier molecular flexibility index (Phi) is 8.16. The Balaban J connectivity index is 2.19. The molecule has 21 heavy (non-hydrogen) atoms. The smallest absolute Gasteiger partial charge is 0.119 e. The molecule has 0 bridgehead atoms. The Bertz CT molecular complexity index is 378. The van der Waals surface area contributed by atoms with E-state index in [9.17, 15) is 5.11 Å². The van der Waals surface area contributed by atoms with Crippen LogP contribution in [0.4, 0.5) is 0 Å². The van der Waals surface area contributed by atoms with Crippen molar-refractivity contribution in [2.75, 3.05) is 20.3 Å². The first kappa shape index (κ1) is 17.8. The van der Waals surface area contributed by atoms with Gasteiger partial charge in [0.05, 0.1) is 7.11 Å². The van der Waals surface area contributed by atoms with Gasteiger partial charge in [0, 0.05) is 12.6 Å². The predicted molar refractivity (Wildman–Crippen MR) is 86.0 cm³/mol. The molecule has 4 nitrogen and oxygen atoms in total. The van der Waals surface area contributed by atoms with Crippen LogP contribution in [0.3, 0.4) is 0 Å². The highest BCUT2D eigenvalue weighted by Gasteiger charge is 2.08. The van der Waals surface area contributed by atoms with Gasteiger partial charge in [0.2, 0.25) is 0 Å². The maximum Gasteiger partial charge on any atom is 0.119 e. The van der Waals surface area contributed by atoms with Gasteiger partial charge in [-0.05, 0) is 49.9 Å². The highest BCUT2D eigenvalue weighted by atomic mass is 16.5. The molecule has 0 spiro atoms. The summed E-state index contributed by atoms with van der Waals surface area (Å²) >= 11 is 0. The van der Waals surface area contributed by atoms with Gasteiger partial charge in [-0.25, -0.2) is 0 Å². The molecule has 0 amide bonds. The predicted octanol–water partition coefficient (Wildman–Crippen LogP) is 2.85. The molecule has 2 N–H and O–H groups in total. The first-order valence-electron chi connectivity index (χ1n) is 7.69. The van der Waals surface area contributed by atoms with Crippen LogP contribution in [0, 0.1) is 5.92 Å². The number of hydrogen-bond donors (Lipinski definition) is 2. The summed E-state index contributed by atoms with van der Waals surface area (Å²) in [6.07, 6.45) is 1.82. The van der Waals surface area contributed by atoms with E-state index in [1.165, 1.54) is 6.42 Å². The molecule has 0 aliphatic carbocycles. The second kappa shape index (κ2) is 9.64. The minimum absolute atomic E-state index is 0.288. The van der Waals surface area contributed by atoms with Gasteiger partial charge < -0.3 is 19.9 Å². The summed E-state index contributed by atoms with van der Waals surface area (Å²) in [7, 11) is 1.63. The summed E-state index contributed by atoms with van der Waals surface area (Å²) in [6, 6.07) is 7.78. The van der Waals surface area contributed by atoms with Crippen molar-refractivity contribution >= 4 is 0 Å². The van der Waals surface area contributed by atoms with E-state index in [-0.39, 0.29) is 6.61 Å². The minimum atomic E-state index is -0.506. The fourth-order valence-electron chi connectivity index (χ4n) is 1.95. The third-order valence-corrected chi connectivity index (χ3v) is 3.38. The maximum atomic E-state index is 9.93. The van der Waals surface area contributed by atoms with E-state index in [1.807, 2.05) is 24.3 Å². The van der Waals surface area contributed by atoms with Crippen molar-refractivity contribution in [3.63, 3.8) is 0 Å². The van der Waals surface area contributed by atoms with Gasteiger partial charge in [-0.1, -0.05) is 13.8 Å². The van der Waals surface area contributed by atoms with E-state index in [4.69, 9.17) is 9.47 Å². The van der Waals surface area contributed by atoms with Crippen LogP contribution in [0.2, 0.25) is 0 Å². The van der Waals surface area contributed by atoms with Crippen molar-refractivity contribution in [2.24, 2.45) is 5.92 Å². The Hall–Kier alpha value is -1.26. The van der Waals surface area contributed by atoms with Crippen LogP contribution in [-0.4, -0.2) is 37.5 Å². The number of ether oxygens (including phenoxy) is 2. The molecule has 1 aromatic rings. The Morgan fingerprint density at radius 3 is 2.24 bits per heavy atom. The third kappa shape index (κ3) is 7.93. The van der Waals surface area contributed by atoms with Crippen LogP contribution in [0.5, 0.6) is 11.5 Å². The fraction of sp³-hybridized carbons (Fsp3) is 0.647. The molecule has 0 aromatic heterocycles. The lowest BCUT2D eigenvalue weighted by Gasteiger charge is -2.18. The molecule has 0 aliphatic rings. The molecule has 2 atom stereocenters. The number of nitrogens with one attached hydrogen (secondary N) is 1. The highest BCUT2D eigenvalue weighted by molar-refractivity contribution is 5.31. The molecular formula is C17H29NO3. The topological polar surface area (TPSA) is 50.7 Å². The van der Waals surface area contributed by atoms with E-state index >= 15 is 0 Å². The second-order valence-electron chi connectivity index (χ2n) is 5.92. The van der Waals surface area contributed by atoms with Gasteiger partial charge in [-0.2, -0.15) is 0 Å². The molecule has 4 heteroatoms. The Morgan fingerprint density at radius 2 is 1.67 bits per heavy atom. The highest BCUT2D eigenvalue weighted by Crippen LogP contribution is 2.17. The second-order valence-corrected chi connectivity index (χ2v) is 5.92. The number of rotatable bonds is 10. The molecular weight excluding hydrogens is 266 g/mol. The van der Waals surface area contributed by atoms with Crippen molar-refractivity contribution in [2.45, 2.75) is 45.8 Å². The van der Waals surface area contributed by atoms with Crippen LogP contribution in [0.15, 0.2) is 24.3 Å². The molecule has 0 fully saturated rings. The van der Waals surface area contributed by atoms with Gasteiger partial charge >= 0.3 is 0 Å². The van der Waals surface area contributed by atoms with Gasteiger partial charge in [0.15, 0.2) is 0 Å². The van der Waals surface area contributed by atoms with Crippen LogP contribution in [-0.2, 0) is 0 Å². The van der Waals surface area contributed by atoms with Crippen molar-refractivity contribution in [1.82, 2.24) is 5.32 Å². The van der Waals surface area contributed by atoms with Crippen molar-refractivity contribution in [3.8, 4) is 11.5 Å². The normalized spacial score (nSPS) is 14.0. The first-order chi connectivity index (χ1) is 10.0. The lowest BCUT2D eigenvalue weighted by molar-refractivity contribution is 0.103. The maximum absolute atomic E-state index is 9.93. The van der Waals surface area contributed by atoms with Gasteiger partial charge in [-0.3, -0.25) is 0 Å². The Morgan fingerprint density at radius 1 is 1.05 bits per heavy atom. The molecule has 1 aromatic carbocycles. The zero-order chi connectivity index (χ0) is 15.7. The van der Waals surface area contributed by atoms with Crippen LogP contribution < -0.4 is 14.8 Å². The first-order valence-corrected chi connectivity index (χ1v) is 7.69. The lowest BCUT2D eigenvalue weighted by atomic mass is 10.0. The molecule has 120 valence electrons. The molecule has 0 aliphatic heterocycles. The zero-order valence-electron chi connectivity index (χ0n) is 13.6. The van der Waals surface area contributed by atoms with Crippen molar-refractivity contribution in [3.05, 3.63) is 24.3 Å². The molecule has 2 unspecified atom stereocenters. The number of benzene rings is 1. The van der Waals surface area contributed by atoms with Crippen molar-refractivity contribution in [1.29, 1.82) is 0 Å². The largest absolute Gasteiger partial charge is 0.497 e. The summed E-state index contributed by atoms with van der Waals surface area (Å²) in [6.45, 7) is 7.44. The van der Waals surface area contributed by atoms with Gasteiger partial charge in [-0.15, -0.1) is 0 Å². The number of aliphatic hydroxyl groups excluding tert-OH is 1. The fourth-order valence-corrected chi connectivity index (χ4v) is 1.95. The monoisotopic (exact) mass is 295 g/mol. The Labute approximate surface area is 128 Å². The third-order valence-electron chi connectivity index (χ3n) is 3.38. The van der Waals surface area contributed by atoms with Gasteiger partial charge in [0.25, 0.3) is 0 Å². The summed E-state index contributed by atoms with van der Waals surface area (Å²) in [5.41, 5.74) is 0. The molecule has 0 saturated carbocycles. The van der Waals surface area contributed by atoms with Crippen LogP contribution in [0.25, 0.3) is 0 Å². The summed E-state index contributed by atoms with van der Waals surface area (Å²) < 4.78 is 10.6. The summed E-state index contributed by atoms with van der Waals surface area (Å²) in [5.74, 6) is 2.25.